The zero-order chi connectivity index (χ0) is 18.9. The number of benzene rings is 2. The number of aliphatic imine (C=N–C) groups is 1. The van der Waals surface area contributed by atoms with E-state index >= 15 is 0 Å². The largest absolute Gasteiger partial charge is 0.355 e. The predicted octanol–water partition coefficient (Wildman–Crippen LogP) is 2.88. The van der Waals surface area contributed by atoms with Gasteiger partial charge in [-0.25, -0.2) is 4.39 Å². The maximum atomic E-state index is 13.3. The second kappa shape index (κ2) is 9.77. The van der Waals surface area contributed by atoms with Crippen LogP contribution in [0.4, 0.5) is 4.39 Å². The zero-order valence-corrected chi connectivity index (χ0v) is 15.5. The molecule has 5 nitrogen and oxygen atoms in total. The highest BCUT2D eigenvalue weighted by atomic mass is 35.5. The van der Waals surface area contributed by atoms with E-state index in [2.05, 4.69) is 20.9 Å². The zero-order valence-electron chi connectivity index (χ0n) is 14.8. The molecule has 26 heavy (non-hydrogen) atoms. The summed E-state index contributed by atoms with van der Waals surface area (Å²) >= 11 is 5.80. The lowest BCUT2D eigenvalue weighted by Crippen LogP contribution is -2.41. The van der Waals surface area contributed by atoms with Gasteiger partial charge in [0.25, 0.3) is 5.91 Å². The van der Waals surface area contributed by atoms with Crippen LogP contribution in [0.15, 0.2) is 47.5 Å². The van der Waals surface area contributed by atoms with Crippen molar-refractivity contribution in [1.82, 2.24) is 16.0 Å². The Hall–Kier alpha value is -2.60. The molecule has 0 aliphatic rings. The third-order valence-corrected chi connectivity index (χ3v) is 3.97. The van der Waals surface area contributed by atoms with Crippen molar-refractivity contribution in [3.63, 3.8) is 0 Å². The van der Waals surface area contributed by atoms with E-state index < -0.39 is 0 Å². The van der Waals surface area contributed by atoms with Gasteiger partial charge in [-0.15, -0.1) is 0 Å². The van der Waals surface area contributed by atoms with Gasteiger partial charge in [0.05, 0.1) is 0 Å². The molecule has 3 N–H and O–H groups in total. The molecule has 0 heterocycles. The first-order valence-corrected chi connectivity index (χ1v) is 8.60. The number of nitrogens with one attached hydrogen (secondary N) is 3. The van der Waals surface area contributed by atoms with E-state index in [0.29, 0.717) is 41.7 Å². The standard InChI is InChI=1S/C19H22ClFN4O/c1-13-11-14(3-8-17(13)21)12-25-19(22-2)24-10-9-23-18(26)15-4-6-16(20)7-5-15/h3-8,11H,9-10,12H2,1-2H3,(H,23,26)(H2,22,24,25). The van der Waals surface area contributed by atoms with E-state index in [1.54, 1.807) is 50.4 Å². The molecule has 2 aromatic rings. The molecule has 1 amide bonds. The van der Waals surface area contributed by atoms with E-state index in [0.717, 1.165) is 5.56 Å². The topological polar surface area (TPSA) is 65.5 Å². The molecule has 2 rings (SSSR count). The lowest BCUT2D eigenvalue weighted by Gasteiger charge is -2.13. The monoisotopic (exact) mass is 376 g/mol. The molecular weight excluding hydrogens is 355 g/mol. The Kier molecular flexibility index (Phi) is 7.41. The van der Waals surface area contributed by atoms with Gasteiger partial charge in [0.15, 0.2) is 5.96 Å². The van der Waals surface area contributed by atoms with Gasteiger partial charge in [0.2, 0.25) is 0 Å². The SMILES string of the molecule is CN=C(NCCNC(=O)c1ccc(Cl)cc1)NCc1ccc(F)c(C)c1. The van der Waals surface area contributed by atoms with Crippen molar-refractivity contribution in [2.75, 3.05) is 20.1 Å². The van der Waals surface area contributed by atoms with E-state index in [1.165, 1.54) is 6.07 Å². The van der Waals surface area contributed by atoms with Crippen LogP contribution in [0.1, 0.15) is 21.5 Å². The molecule has 0 aromatic heterocycles. The molecule has 0 aliphatic heterocycles. The summed E-state index contributed by atoms with van der Waals surface area (Å²) in [5, 5.41) is 9.67. The maximum Gasteiger partial charge on any atom is 0.251 e. The Bertz CT molecular complexity index is 778. The van der Waals surface area contributed by atoms with Crippen molar-refractivity contribution in [2.24, 2.45) is 4.99 Å². The van der Waals surface area contributed by atoms with Crippen LogP contribution in [-0.4, -0.2) is 32.0 Å². The highest BCUT2D eigenvalue weighted by molar-refractivity contribution is 6.30. The second-order valence-electron chi connectivity index (χ2n) is 5.70. The van der Waals surface area contributed by atoms with Crippen LogP contribution in [0, 0.1) is 12.7 Å². The highest BCUT2D eigenvalue weighted by Gasteiger charge is 2.05. The van der Waals surface area contributed by atoms with Crippen LogP contribution >= 0.6 is 11.6 Å². The summed E-state index contributed by atoms with van der Waals surface area (Å²) < 4.78 is 13.3. The van der Waals surface area contributed by atoms with Gasteiger partial charge in [-0.1, -0.05) is 23.7 Å². The molecule has 0 spiro atoms. The lowest BCUT2D eigenvalue weighted by molar-refractivity contribution is 0.0954. The minimum atomic E-state index is -0.215. The fourth-order valence-corrected chi connectivity index (χ4v) is 2.41. The van der Waals surface area contributed by atoms with E-state index in [9.17, 15) is 9.18 Å². The molecule has 0 unspecified atom stereocenters. The third-order valence-electron chi connectivity index (χ3n) is 3.72. The number of aryl methyl sites for hydroxylation is 1. The van der Waals surface area contributed by atoms with Crippen molar-refractivity contribution < 1.29 is 9.18 Å². The summed E-state index contributed by atoms with van der Waals surface area (Å²) in [5.74, 6) is 0.230. The number of amides is 1. The number of rotatable bonds is 6. The van der Waals surface area contributed by atoms with Crippen LogP contribution < -0.4 is 16.0 Å². The number of carbonyl (C=O) groups is 1. The summed E-state index contributed by atoms with van der Waals surface area (Å²) in [7, 11) is 1.66. The van der Waals surface area contributed by atoms with Gasteiger partial charge >= 0.3 is 0 Å². The Morgan fingerprint density at radius 2 is 1.77 bits per heavy atom. The Morgan fingerprint density at radius 3 is 2.42 bits per heavy atom. The fourth-order valence-electron chi connectivity index (χ4n) is 2.28. The first-order chi connectivity index (χ1) is 12.5. The molecule has 0 fully saturated rings. The third kappa shape index (κ3) is 6.04. The van der Waals surface area contributed by atoms with Crippen LogP contribution in [-0.2, 0) is 6.54 Å². The Morgan fingerprint density at radius 1 is 1.08 bits per heavy atom. The number of hydrogen-bond acceptors (Lipinski definition) is 2. The fraction of sp³-hybridized carbons (Fsp3) is 0.263. The van der Waals surface area contributed by atoms with Gasteiger partial charge in [-0.3, -0.25) is 9.79 Å². The normalized spacial score (nSPS) is 11.2. The summed E-state index contributed by atoms with van der Waals surface area (Å²) in [6.45, 7) is 3.21. The molecule has 0 radical (unpaired) electrons. The van der Waals surface area contributed by atoms with Crippen LogP contribution in [0.25, 0.3) is 0 Å². The molecule has 0 bridgehead atoms. The molecule has 0 aliphatic carbocycles. The number of guanidine groups is 1. The molecule has 0 saturated carbocycles. The van der Waals surface area contributed by atoms with Gasteiger partial charge < -0.3 is 16.0 Å². The number of halogens is 2. The van der Waals surface area contributed by atoms with Crippen LogP contribution in [0.3, 0.4) is 0 Å². The summed E-state index contributed by atoms with van der Waals surface area (Å²) in [4.78, 5) is 16.1. The molecule has 7 heteroatoms. The number of hydrogen-bond donors (Lipinski definition) is 3. The summed E-state index contributed by atoms with van der Waals surface area (Å²) in [6.07, 6.45) is 0. The Balaban J connectivity index is 1.72. The minimum Gasteiger partial charge on any atom is -0.355 e. The number of carbonyl (C=O) groups excluding carboxylic acids is 1. The molecule has 2 aromatic carbocycles. The number of nitrogens with zero attached hydrogens (tertiary/aromatic N) is 1. The van der Waals surface area contributed by atoms with Crippen molar-refractivity contribution >= 4 is 23.5 Å². The van der Waals surface area contributed by atoms with Gasteiger partial charge in [-0.05, 0) is 48.4 Å². The predicted molar refractivity (Wildman–Crippen MR) is 103 cm³/mol. The van der Waals surface area contributed by atoms with E-state index in [4.69, 9.17) is 11.6 Å². The van der Waals surface area contributed by atoms with E-state index in [-0.39, 0.29) is 11.7 Å². The van der Waals surface area contributed by atoms with Crippen molar-refractivity contribution in [3.05, 3.63) is 70.0 Å². The minimum absolute atomic E-state index is 0.159. The van der Waals surface area contributed by atoms with Crippen molar-refractivity contribution in [3.8, 4) is 0 Å². The van der Waals surface area contributed by atoms with Gasteiger partial charge in [0.1, 0.15) is 5.82 Å². The average molecular weight is 377 g/mol. The van der Waals surface area contributed by atoms with E-state index in [1.807, 2.05) is 0 Å². The van der Waals surface area contributed by atoms with Crippen molar-refractivity contribution in [2.45, 2.75) is 13.5 Å². The Labute approximate surface area is 157 Å². The second-order valence-corrected chi connectivity index (χ2v) is 6.14. The van der Waals surface area contributed by atoms with Crippen LogP contribution in [0.5, 0.6) is 0 Å². The summed E-state index contributed by atoms with van der Waals surface area (Å²) in [5.41, 5.74) is 2.13. The van der Waals surface area contributed by atoms with Crippen molar-refractivity contribution in [1.29, 1.82) is 0 Å². The van der Waals surface area contributed by atoms with Gasteiger partial charge in [-0.2, -0.15) is 0 Å². The molecule has 138 valence electrons. The van der Waals surface area contributed by atoms with Gasteiger partial charge in [0, 0.05) is 37.3 Å². The highest BCUT2D eigenvalue weighted by Crippen LogP contribution is 2.09. The molecular formula is C19H22ClFN4O. The average Bonchev–Trinajstić information content (AvgIpc) is 2.64. The first kappa shape index (κ1) is 19.7. The lowest BCUT2D eigenvalue weighted by atomic mass is 10.1. The summed E-state index contributed by atoms with van der Waals surface area (Å²) in [6, 6.07) is 11.7. The quantitative estimate of drug-likeness (QED) is 0.412. The van der Waals surface area contributed by atoms with Crippen LogP contribution in [0.2, 0.25) is 5.02 Å². The molecule has 0 saturated heterocycles. The maximum absolute atomic E-state index is 13.3. The smallest absolute Gasteiger partial charge is 0.251 e. The molecule has 0 atom stereocenters. The first-order valence-electron chi connectivity index (χ1n) is 8.23.